The van der Waals surface area contributed by atoms with Crippen LogP contribution >= 0.6 is 23.2 Å². The fourth-order valence-corrected chi connectivity index (χ4v) is 3.25. The summed E-state index contributed by atoms with van der Waals surface area (Å²) in [6.07, 6.45) is 3.84. The first-order valence-corrected chi connectivity index (χ1v) is 8.76. The molecule has 1 N–H and O–H groups in total. The number of nitrogens with one attached hydrogen (secondary N) is 1. The van der Waals surface area contributed by atoms with Crippen LogP contribution in [0.3, 0.4) is 0 Å². The average Bonchev–Trinajstić information content (AvgIpc) is 2.58. The molecule has 0 aliphatic carbocycles. The number of benzene rings is 1. The number of piperidine rings is 1. The first kappa shape index (κ1) is 17.1. The topological polar surface area (TPSA) is 45.2 Å². The van der Waals surface area contributed by atoms with E-state index in [0.717, 1.165) is 25.2 Å². The number of amides is 1. The predicted molar refractivity (Wildman–Crippen MR) is 98.3 cm³/mol. The van der Waals surface area contributed by atoms with E-state index in [2.05, 4.69) is 17.2 Å². The van der Waals surface area contributed by atoms with Crippen LogP contribution < -0.4 is 5.32 Å². The second kappa shape index (κ2) is 7.41. The van der Waals surface area contributed by atoms with Crippen LogP contribution in [-0.4, -0.2) is 28.9 Å². The van der Waals surface area contributed by atoms with Gasteiger partial charge in [0.1, 0.15) is 5.69 Å². The predicted octanol–water partition coefficient (Wildman–Crippen LogP) is 5.00. The Bertz CT molecular complexity index is 751. The van der Waals surface area contributed by atoms with Crippen molar-refractivity contribution in [2.24, 2.45) is 5.92 Å². The molecule has 126 valence electrons. The van der Waals surface area contributed by atoms with Crippen LogP contribution in [0.1, 0.15) is 30.3 Å². The fourth-order valence-electron chi connectivity index (χ4n) is 2.91. The summed E-state index contributed by atoms with van der Waals surface area (Å²) in [7, 11) is 0. The van der Waals surface area contributed by atoms with Crippen molar-refractivity contribution in [3.05, 3.63) is 52.3 Å². The highest BCUT2D eigenvalue weighted by Crippen LogP contribution is 2.28. The monoisotopic (exact) mass is 363 g/mol. The zero-order chi connectivity index (χ0) is 17.1. The number of pyridine rings is 1. The molecule has 0 bridgehead atoms. The minimum absolute atomic E-state index is 0.0256. The van der Waals surface area contributed by atoms with Gasteiger partial charge in [-0.25, -0.2) is 0 Å². The second-order valence-corrected chi connectivity index (χ2v) is 7.02. The van der Waals surface area contributed by atoms with Crippen LogP contribution in [0.5, 0.6) is 0 Å². The van der Waals surface area contributed by atoms with Gasteiger partial charge in [0.05, 0.1) is 10.7 Å². The SMILES string of the molecule is CC1CCCN(C(=O)c2cc(Nc3cc(Cl)ccc3Cl)ccn2)C1. The van der Waals surface area contributed by atoms with Gasteiger partial charge in [0, 0.05) is 30.0 Å². The van der Waals surface area contributed by atoms with Gasteiger partial charge >= 0.3 is 0 Å². The van der Waals surface area contributed by atoms with E-state index in [-0.39, 0.29) is 5.91 Å². The third-order valence-electron chi connectivity index (χ3n) is 4.13. The van der Waals surface area contributed by atoms with Crippen molar-refractivity contribution in [3.8, 4) is 0 Å². The van der Waals surface area contributed by atoms with Gasteiger partial charge < -0.3 is 10.2 Å². The number of carbonyl (C=O) groups is 1. The lowest BCUT2D eigenvalue weighted by molar-refractivity contribution is 0.0677. The average molecular weight is 364 g/mol. The van der Waals surface area contributed by atoms with Crippen molar-refractivity contribution in [2.75, 3.05) is 18.4 Å². The maximum atomic E-state index is 12.7. The third kappa shape index (κ3) is 4.00. The molecule has 1 amide bonds. The molecule has 2 heterocycles. The highest BCUT2D eigenvalue weighted by molar-refractivity contribution is 6.35. The summed E-state index contributed by atoms with van der Waals surface area (Å²) in [5.41, 5.74) is 1.88. The molecule has 1 atom stereocenters. The lowest BCUT2D eigenvalue weighted by atomic mass is 10.00. The summed E-state index contributed by atoms with van der Waals surface area (Å²) >= 11 is 12.2. The van der Waals surface area contributed by atoms with Crippen LogP contribution in [0.25, 0.3) is 0 Å². The Morgan fingerprint density at radius 1 is 1.29 bits per heavy atom. The molecule has 0 spiro atoms. The molecule has 1 fully saturated rings. The molecule has 4 nitrogen and oxygen atoms in total. The number of hydrogen-bond donors (Lipinski definition) is 1. The first-order chi connectivity index (χ1) is 11.5. The normalized spacial score (nSPS) is 17.6. The molecule has 1 aliphatic rings. The summed E-state index contributed by atoms with van der Waals surface area (Å²) in [6.45, 7) is 3.76. The Kier molecular flexibility index (Phi) is 5.27. The first-order valence-electron chi connectivity index (χ1n) is 8.00. The molecular formula is C18H19Cl2N3O. The van der Waals surface area contributed by atoms with Crippen molar-refractivity contribution >= 4 is 40.5 Å². The molecule has 2 aromatic rings. The Labute approximate surface area is 151 Å². The van der Waals surface area contributed by atoms with Crippen molar-refractivity contribution in [2.45, 2.75) is 19.8 Å². The van der Waals surface area contributed by atoms with Crippen LogP contribution in [0.15, 0.2) is 36.5 Å². The molecule has 24 heavy (non-hydrogen) atoms. The van der Waals surface area contributed by atoms with Crippen LogP contribution in [-0.2, 0) is 0 Å². The standard InChI is InChI=1S/C18H19Cl2N3O/c1-12-3-2-8-23(11-12)18(24)17-10-14(6-7-21-17)22-16-9-13(19)4-5-15(16)20/h4-7,9-10,12H,2-3,8,11H2,1H3,(H,21,22). The number of anilines is 2. The van der Waals surface area contributed by atoms with Gasteiger partial charge in [0.15, 0.2) is 0 Å². The summed E-state index contributed by atoms with van der Waals surface area (Å²) < 4.78 is 0. The van der Waals surface area contributed by atoms with Crippen LogP contribution in [0.2, 0.25) is 10.0 Å². The smallest absolute Gasteiger partial charge is 0.272 e. The van der Waals surface area contributed by atoms with E-state index < -0.39 is 0 Å². The van der Waals surface area contributed by atoms with Gasteiger partial charge in [-0.3, -0.25) is 9.78 Å². The number of nitrogens with zero attached hydrogens (tertiary/aromatic N) is 2. The zero-order valence-corrected chi connectivity index (χ0v) is 14.9. The lowest BCUT2D eigenvalue weighted by Crippen LogP contribution is -2.39. The molecule has 1 unspecified atom stereocenters. The van der Waals surface area contributed by atoms with E-state index in [4.69, 9.17) is 23.2 Å². The highest BCUT2D eigenvalue weighted by atomic mass is 35.5. The van der Waals surface area contributed by atoms with Gasteiger partial charge in [-0.1, -0.05) is 30.1 Å². The van der Waals surface area contributed by atoms with Crippen molar-refractivity contribution in [3.63, 3.8) is 0 Å². The quantitative estimate of drug-likeness (QED) is 0.833. The van der Waals surface area contributed by atoms with Crippen molar-refractivity contribution in [1.29, 1.82) is 0 Å². The Hall–Kier alpha value is -1.78. The minimum Gasteiger partial charge on any atom is -0.354 e. The number of hydrogen-bond acceptors (Lipinski definition) is 3. The third-order valence-corrected chi connectivity index (χ3v) is 4.70. The maximum Gasteiger partial charge on any atom is 0.272 e. The Balaban J connectivity index is 1.78. The van der Waals surface area contributed by atoms with E-state index in [9.17, 15) is 4.79 Å². The van der Waals surface area contributed by atoms with Gasteiger partial charge in [-0.15, -0.1) is 0 Å². The Morgan fingerprint density at radius 2 is 2.12 bits per heavy atom. The van der Waals surface area contributed by atoms with E-state index >= 15 is 0 Å². The zero-order valence-electron chi connectivity index (χ0n) is 13.4. The van der Waals surface area contributed by atoms with E-state index in [1.165, 1.54) is 6.42 Å². The molecule has 6 heteroatoms. The largest absolute Gasteiger partial charge is 0.354 e. The van der Waals surface area contributed by atoms with Crippen LogP contribution in [0.4, 0.5) is 11.4 Å². The fraction of sp³-hybridized carbons (Fsp3) is 0.333. The van der Waals surface area contributed by atoms with E-state index in [1.54, 1.807) is 36.5 Å². The lowest BCUT2D eigenvalue weighted by Gasteiger charge is -2.30. The minimum atomic E-state index is -0.0256. The molecule has 0 saturated carbocycles. The number of halogens is 2. The highest BCUT2D eigenvalue weighted by Gasteiger charge is 2.23. The molecule has 1 aromatic heterocycles. The number of rotatable bonds is 3. The van der Waals surface area contributed by atoms with Gasteiger partial charge in [0.2, 0.25) is 0 Å². The van der Waals surface area contributed by atoms with Gasteiger partial charge in [0.25, 0.3) is 5.91 Å². The maximum absolute atomic E-state index is 12.7. The summed E-state index contributed by atoms with van der Waals surface area (Å²) in [4.78, 5) is 18.8. The van der Waals surface area contributed by atoms with Crippen LogP contribution in [0, 0.1) is 5.92 Å². The van der Waals surface area contributed by atoms with Gasteiger partial charge in [-0.2, -0.15) is 0 Å². The molecule has 3 rings (SSSR count). The number of aromatic nitrogens is 1. The van der Waals surface area contributed by atoms with E-state index in [0.29, 0.717) is 27.3 Å². The molecule has 1 aromatic carbocycles. The van der Waals surface area contributed by atoms with Crippen molar-refractivity contribution in [1.82, 2.24) is 9.88 Å². The summed E-state index contributed by atoms with van der Waals surface area (Å²) in [6, 6.07) is 8.76. The molecule has 0 radical (unpaired) electrons. The molecule has 1 aliphatic heterocycles. The van der Waals surface area contributed by atoms with Gasteiger partial charge in [-0.05, 0) is 49.1 Å². The second-order valence-electron chi connectivity index (χ2n) is 6.18. The number of likely N-dealkylation sites (tertiary alicyclic amines) is 1. The molecular weight excluding hydrogens is 345 g/mol. The Morgan fingerprint density at radius 3 is 2.92 bits per heavy atom. The summed E-state index contributed by atoms with van der Waals surface area (Å²) in [5.74, 6) is 0.511. The molecule has 1 saturated heterocycles. The summed E-state index contributed by atoms with van der Waals surface area (Å²) in [5, 5.41) is 4.35. The number of carbonyl (C=O) groups excluding carboxylic acids is 1. The van der Waals surface area contributed by atoms with E-state index in [1.807, 2.05) is 4.90 Å². The van der Waals surface area contributed by atoms with Crippen molar-refractivity contribution < 1.29 is 4.79 Å².